The SMILES string of the molecule is COCC1=CCN(C(=O)C2CCCNC2)CC1. The van der Waals surface area contributed by atoms with Crippen LogP contribution in [0.5, 0.6) is 0 Å². The van der Waals surface area contributed by atoms with E-state index in [1.165, 1.54) is 5.57 Å². The Morgan fingerprint density at radius 2 is 2.53 bits per heavy atom. The van der Waals surface area contributed by atoms with Crippen molar-refractivity contribution in [1.29, 1.82) is 0 Å². The minimum atomic E-state index is 0.195. The molecule has 2 aliphatic rings. The first-order valence-corrected chi connectivity index (χ1v) is 6.47. The van der Waals surface area contributed by atoms with Crippen LogP contribution in [0.2, 0.25) is 0 Å². The van der Waals surface area contributed by atoms with E-state index >= 15 is 0 Å². The van der Waals surface area contributed by atoms with Gasteiger partial charge >= 0.3 is 0 Å². The lowest BCUT2D eigenvalue weighted by Crippen LogP contribution is -2.44. The Labute approximate surface area is 103 Å². The normalized spacial score (nSPS) is 25.6. The molecule has 0 radical (unpaired) electrons. The summed E-state index contributed by atoms with van der Waals surface area (Å²) in [6, 6.07) is 0. The minimum absolute atomic E-state index is 0.195. The minimum Gasteiger partial charge on any atom is -0.380 e. The molecule has 2 aliphatic heterocycles. The lowest BCUT2D eigenvalue weighted by molar-refractivity contribution is -0.135. The van der Waals surface area contributed by atoms with Crippen LogP contribution in [0.4, 0.5) is 0 Å². The van der Waals surface area contributed by atoms with Crippen molar-refractivity contribution in [2.24, 2.45) is 5.92 Å². The van der Waals surface area contributed by atoms with Crippen molar-refractivity contribution < 1.29 is 9.53 Å². The fourth-order valence-electron chi connectivity index (χ4n) is 2.55. The van der Waals surface area contributed by atoms with Gasteiger partial charge in [0.1, 0.15) is 0 Å². The van der Waals surface area contributed by atoms with Crippen LogP contribution in [-0.4, -0.2) is 50.7 Å². The second-order valence-electron chi connectivity index (χ2n) is 4.87. The summed E-state index contributed by atoms with van der Waals surface area (Å²) in [5.41, 5.74) is 1.32. The number of carbonyl (C=O) groups excluding carboxylic acids is 1. The molecule has 0 aromatic carbocycles. The molecule has 0 aromatic rings. The van der Waals surface area contributed by atoms with Gasteiger partial charge in [-0.25, -0.2) is 0 Å². The van der Waals surface area contributed by atoms with Gasteiger partial charge < -0.3 is 15.0 Å². The summed E-state index contributed by atoms with van der Waals surface area (Å²) in [5.74, 6) is 0.519. The predicted octanol–water partition coefficient (Wildman–Crippen LogP) is 0.791. The van der Waals surface area contributed by atoms with E-state index in [1.54, 1.807) is 7.11 Å². The lowest BCUT2D eigenvalue weighted by Gasteiger charge is -2.31. The highest BCUT2D eigenvalue weighted by molar-refractivity contribution is 5.79. The molecule has 0 bridgehead atoms. The Bertz CT molecular complexity index is 296. The first kappa shape index (κ1) is 12.6. The average Bonchev–Trinajstić information content (AvgIpc) is 2.40. The van der Waals surface area contributed by atoms with Gasteiger partial charge in [0.25, 0.3) is 0 Å². The topological polar surface area (TPSA) is 41.6 Å². The number of carbonyl (C=O) groups is 1. The molecule has 1 fully saturated rings. The summed E-state index contributed by atoms with van der Waals surface area (Å²) in [6.07, 6.45) is 5.26. The Morgan fingerprint density at radius 3 is 3.12 bits per heavy atom. The van der Waals surface area contributed by atoms with Crippen LogP contribution in [0, 0.1) is 5.92 Å². The number of rotatable bonds is 3. The number of methoxy groups -OCH3 is 1. The van der Waals surface area contributed by atoms with Crippen LogP contribution >= 0.6 is 0 Å². The van der Waals surface area contributed by atoms with E-state index in [0.717, 1.165) is 45.4 Å². The van der Waals surface area contributed by atoms with Gasteiger partial charge in [-0.1, -0.05) is 6.08 Å². The average molecular weight is 238 g/mol. The third-order valence-electron chi connectivity index (χ3n) is 3.59. The van der Waals surface area contributed by atoms with Crippen LogP contribution in [-0.2, 0) is 9.53 Å². The Morgan fingerprint density at radius 1 is 1.65 bits per heavy atom. The summed E-state index contributed by atoms with van der Waals surface area (Å²) < 4.78 is 5.11. The number of hydrogen-bond donors (Lipinski definition) is 1. The monoisotopic (exact) mass is 238 g/mol. The standard InChI is InChI=1S/C13H22N2O2/c1-17-10-11-4-7-15(8-5-11)13(16)12-3-2-6-14-9-12/h4,12,14H,2-3,5-10H2,1H3. The summed E-state index contributed by atoms with van der Waals surface area (Å²) in [4.78, 5) is 14.2. The molecule has 1 N–H and O–H groups in total. The fraction of sp³-hybridized carbons (Fsp3) is 0.769. The molecule has 0 aromatic heterocycles. The van der Waals surface area contributed by atoms with E-state index in [0.29, 0.717) is 12.5 Å². The zero-order valence-corrected chi connectivity index (χ0v) is 10.6. The molecule has 1 saturated heterocycles. The number of hydrogen-bond acceptors (Lipinski definition) is 3. The molecule has 4 heteroatoms. The quantitative estimate of drug-likeness (QED) is 0.739. The maximum atomic E-state index is 12.2. The maximum absolute atomic E-state index is 12.2. The van der Waals surface area contributed by atoms with Crippen LogP contribution in [0.25, 0.3) is 0 Å². The van der Waals surface area contributed by atoms with Gasteiger partial charge in [-0.05, 0) is 31.4 Å². The van der Waals surface area contributed by atoms with Crippen LogP contribution < -0.4 is 5.32 Å². The summed E-state index contributed by atoms with van der Waals surface area (Å²) in [5, 5.41) is 3.30. The van der Waals surface area contributed by atoms with E-state index in [2.05, 4.69) is 11.4 Å². The van der Waals surface area contributed by atoms with E-state index in [-0.39, 0.29) is 5.92 Å². The molecule has 0 aliphatic carbocycles. The summed E-state index contributed by atoms with van der Waals surface area (Å²) in [6.45, 7) is 4.22. The number of piperidine rings is 1. The molecule has 1 atom stereocenters. The van der Waals surface area contributed by atoms with Gasteiger partial charge in [0.05, 0.1) is 12.5 Å². The van der Waals surface area contributed by atoms with Crippen molar-refractivity contribution in [3.8, 4) is 0 Å². The molecule has 0 spiro atoms. The number of amides is 1. The zero-order chi connectivity index (χ0) is 12.1. The first-order valence-electron chi connectivity index (χ1n) is 6.47. The Hall–Kier alpha value is -0.870. The highest BCUT2D eigenvalue weighted by atomic mass is 16.5. The number of nitrogens with zero attached hydrogens (tertiary/aromatic N) is 1. The highest BCUT2D eigenvalue weighted by Gasteiger charge is 2.26. The Kier molecular flexibility index (Phi) is 4.57. The molecule has 1 unspecified atom stereocenters. The second kappa shape index (κ2) is 6.17. The van der Waals surface area contributed by atoms with E-state index in [1.807, 2.05) is 4.90 Å². The van der Waals surface area contributed by atoms with Crippen molar-refractivity contribution in [1.82, 2.24) is 10.2 Å². The number of nitrogens with one attached hydrogen (secondary N) is 1. The Balaban J connectivity index is 1.85. The smallest absolute Gasteiger partial charge is 0.227 e. The van der Waals surface area contributed by atoms with Gasteiger partial charge in [0, 0.05) is 26.7 Å². The zero-order valence-electron chi connectivity index (χ0n) is 10.6. The van der Waals surface area contributed by atoms with Crippen molar-refractivity contribution in [2.75, 3.05) is 39.9 Å². The van der Waals surface area contributed by atoms with Gasteiger partial charge in [-0.2, -0.15) is 0 Å². The number of ether oxygens (including phenoxy) is 1. The molecule has 96 valence electrons. The molecule has 2 rings (SSSR count). The van der Waals surface area contributed by atoms with Crippen molar-refractivity contribution >= 4 is 5.91 Å². The van der Waals surface area contributed by atoms with E-state index in [9.17, 15) is 4.79 Å². The molecule has 1 amide bonds. The molecule has 0 saturated carbocycles. The second-order valence-corrected chi connectivity index (χ2v) is 4.87. The largest absolute Gasteiger partial charge is 0.380 e. The third kappa shape index (κ3) is 3.30. The highest BCUT2D eigenvalue weighted by Crippen LogP contribution is 2.17. The first-order chi connectivity index (χ1) is 8.31. The third-order valence-corrected chi connectivity index (χ3v) is 3.59. The van der Waals surface area contributed by atoms with Crippen molar-refractivity contribution in [2.45, 2.75) is 19.3 Å². The maximum Gasteiger partial charge on any atom is 0.227 e. The van der Waals surface area contributed by atoms with Crippen LogP contribution in [0.1, 0.15) is 19.3 Å². The van der Waals surface area contributed by atoms with E-state index in [4.69, 9.17) is 4.74 Å². The molecule has 2 heterocycles. The van der Waals surface area contributed by atoms with Gasteiger partial charge in [-0.15, -0.1) is 0 Å². The van der Waals surface area contributed by atoms with Crippen molar-refractivity contribution in [3.63, 3.8) is 0 Å². The molecular formula is C13H22N2O2. The molecular weight excluding hydrogens is 216 g/mol. The summed E-state index contributed by atoms with van der Waals surface area (Å²) in [7, 11) is 1.71. The predicted molar refractivity (Wildman–Crippen MR) is 66.7 cm³/mol. The lowest BCUT2D eigenvalue weighted by atomic mass is 9.97. The van der Waals surface area contributed by atoms with E-state index < -0.39 is 0 Å². The van der Waals surface area contributed by atoms with Gasteiger partial charge in [0.2, 0.25) is 5.91 Å². The summed E-state index contributed by atoms with van der Waals surface area (Å²) >= 11 is 0. The fourth-order valence-corrected chi connectivity index (χ4v) is 2.55. The van der Waals surface area contributed by atoms with Gasteiger partial charge in [-0.3, -0.25) is 4.79 Å². The van der Waals surface area contributed by atoms with Gasteiger partial charge in [0.15, 0.2) is 0 Å². The van der Waals surface area contributed by atoms with Crippen LogP contribution in [0.3, 0.4) is 0 Å². The molecule has 17 heavy (non-hydrogen) atoms. The van der Waals surface area contributed by atoms with Crippen molar-refractivity contribution in [3.05, 3.63) is 11.6 Å². The van der Waals surface area contributed by atoms with Crippen LogP contribution in [0.15, 0.2) is 11.6 Å². The molecule has 4 nitrogen and oxygen atoms in total.